The maximum absolute atomic E-state index is 10.5. The average Bonchev–Trinajstić information content (AvgIpc) is 2.66. The van der Waals surface area contributed by atoms with Crippen molar-refractivity contribution in [2.75, 3.05) is 0 Å². The number of aliphatic hydroxyl groups excluding tert-OH is 1. The monoisotopic (exact) mass is 337 g/mol. The highest BCUT2D eigenvalue weighted by atomic mass is 35.5. The molecular weight excluding hydrogens is 333 g/mol. The molecule has 0 bridgehead atoms. The topological polar surface area (TPSA) is 63.4 Å². The molecule has 0 aliphatic carbocycles. The standard InChI is InChI=1S/C11H6Cl3NO3S/c12-7-8(13)11(14)19-10(7)9(16)5-1-3-6(4-2-5)15(17)18/h1-4,9,16H. The van der Waals surface area contributed by atoms with E-state index in [2.05, 4.69) is 0 Å². The van der Waals surface area contributed by atoms with Crippen LogP contribution in [0.4, 0.5) is 5.69 Å². The fraction of sp³-hybridized carbons (Fsp3) is 0.0909. The van der Waals surface area contributed by atoms with Crippen LogP contribution >= 0.6 is 46.1 Å². The number of benzene rings is 1. The van der Waals surface area contributed by atoms with Crippen LogP contribution in [-0.2, 0) is 0 Å². The van der Waals surface area contributed by atoms with Crippen LogP contribution in [0.2, 0.25) is 14.4 Å². The molecule has 0 saturated carbocycles. The fourth-order valence-electron chi connectivity index (χ4n) is 1.49. The number of non-ortho nitro benzene ring substituents is 1. The number of hydrogen-bond acceptors (Lipinski definition) is 4. The molecule has 0 aliphatic rings. The molecule has 2 rings (SSSR count). The van der Waals surface area contributed by atoms with Gasteiger partial charge in [-0.3, -0.25) is 10.1 Å². The molecule has 2 aromatic rings. The summed E-state index contributed by atoms with van der Waals surface area (Å²) in [5.41, 5.74) is 0.423. The molecule has 19 heavy (non-hydrogen) atoms. The van der Waals surface area contributed by atoms with Crippen molar-refractivity contribution in [3.63, 3.8) is 0 Å². The number of nitro benzene ring substituents is 1. The lowest BCUT2D eigenvalue weighted by Gasteiger charge is -2.09. The van der Waals surface area contributed by atoms with E-state index in [1.807, 2.05) is 0 Å². The molecule has 4 nitrogen and oxygen atoms in total. The number of nitro groups is 1. The quantitative estimate of drug-likeness (QED) is 0.652. The Balaban J connectivity index is 2.35. The first-order chi connectivity index (χ1) is 8.91. The van der Waals surface area contributed by atoms with E-state index >= 15 is 0 Å². The summed E-state index contributed by atoms with van der Waals surface area (Å²) in [6.07, 6.45) is -1.02. The lowest BCUT2D eigenvalue weighted by molar-refractivity contribution is -0.384. The smallest absolute Gasteiger partial charge is 0.269 e. The first-order valence-electron chi connectivity index (χ1n) is 4.97. The number of aliphatic hydroxyl groups is 1. The minimum Gasteiger partial charge on any atom is -0.383 e. The van der Waals surface area contributed by atoms with Gasteiger partial charge in [0.1, 0.15) is 10.4 Å². The normalized spacial score (nSPS) is 12.4. The van der Waals surface area contributed by atoms with Gasteiger partial charge in [0.05, 0.1) is 19.8 Å². The van der Waals surface area contributed by atoms with E-state index in [1.54, 1.807) is 0 Å². The summed E-state index contributed by atoms with van der Waals surface area (Å²) in [6.45, 7) is 0. The molecule has 0 fully saturated rings. The molecule has 1 aromatic carbocycles. The predicted octanol–water partition coefficient (Wildman–Crippen LogP) is 4.70. The lowest BCUT2D eigenvalue weighted by atomic mass is 10.1. The van der Waals surface area contributed by atoms with Crippen LogP contribution in [0.3, 0.4) is 0 Å². The zero-order valence-electron chi connectivity index (χ0n) is 9.14. The molecule has 0 amide bonds. The van der Waals surface area contributed by atoms with Crippen molar-refractivity contribution in [3.05, 3.63) is 59.2 Å². The fourth-order valence-corrected chi connectivity index (χ4v) is 3.35. The van der Waals surface area contributed by atoms with Gasteiger partial charge in [0.15, 0.2) is 0 Å². The van der Waals surface area contributed by atoms with E-state index < -0.39 is 11.0 Å². The van der Waals surface area contributed by atoms with Gasteiger partial charge < -0.3 is 5.11 Å². The van der Waals surface area contributed by atoms with Crippen molar-refractivity contribution >= 4 is 51.8 Å². The Labute approximate surface area is 127 Å². The average molecular weight is 339 g/mol. The Morgan fingerprint density at radius 3 is 2.16 bits per heavy atom. The summed E-state index contributed by atoms with van der Waals surface area (Å²) in [7, 11) is 0. The van der Waals surface area contributed by atoms with Crippen LogP contribution in [0.5, 0.6) is 0 Å². The minimum atomic E-state index is -1.02. The van der Waals surface area contributed by atoms with E-state index in [0.29, 0.717) is 14.8 Å². The van der Waals surface area contributed by atoms with E-state index in [-0.39, 0.29) is 15.7 Å². The van der Waals surface area contributed by atoms with Crippen LogP contribution in [0.1, 0.15) is 16.5 Å². The Hall–Kier alpha value is -0.850. The number of hydrogen-bond donors (Lipinski definition) is 1. The first-order valence-corrected chi connectivity index (χ1v) is 6.92. The van der Waals surface area contributed by atoms with E-state index in [9.17, 15) is 15.2 Å². The Kier molecular flexibility index (Phi) is 4.32. The van der Waals surface area contributed by atoms with Crippen molar-refractivity contribution in [1.29, 1.82) is 0 Å². The molecule has 1 N–H and O–H groups in total. The summed E-state index contributed by atoms with van der Waals surface area (Å²) in [4.78, 5) is 10.4. The molecule has 0 spiro atoms. The summed E-state index contributed by atoms with van der Waals surface area (Å²) < 4.78 is 0.294. The van der Waals surface area contributed by atoms with Crippen molar-refractivity contribution in [1.82, 2.24) is 0 Å². The highest BCUT2D eigenvalue weighted by molar-refractivity contribution is 7.17. The van der Waals surface area contributed by atoms with Crippen LogP contribution in [0.25, 0.3) is 0 Å². The van der Waals surface area contributed by atoms with Gasteiger partial charge in [-0.05, 0) is 17.7 Å². The second-order valence-electron chi connectivity index (χ2n) is 3.62. The van der Waals surface area contributed by atoms with Crippen LogP contribution < -0.4 is 0 Å². The molecule has 0 saturated heterocycles. The third kappa shape index (κ3) is 2.85. The molecule has 1 heterocycles. The van der Waals surface area contributed by atoms with E-state index in [1.165, 1.54) is 24.3 Å². The second kappa shape index (κ2) is 5.64. The first kappa shape index (κ1) is 14.6. The molecule has 100 valence electrons. The zero-order valence-corrected chi connectivity index (χ0v) is 12.2. The van der Waals surface area contributed by atoms with Gasteiger partial charge in [-0.15, -0.1) is 11.3 Å². The van der Waals surface area contributed by atoms with E-state index in [0.717, 1.165) is 11.3 Å². The van der Waals surface area contributed by atoms with Crippen LogP contribution in [-0.4, -0.2) is 10.0 Å². The Bertz CT molecular complexity index is 627. The van der Waals surface area contributed by atoms with E-state index in [4.69, 9.17) is 34.8 Å². The molecule has 0 radical (unpaired) electrons. The minimum absolute atomic E-state index is 0.0516. The van der Waals surface area contributed by atoms with Crippen LogP contribution in [0, 0.1) is 10.1 Å². The third-order valence-electron chi connectivity index (χ3n) is 2.45. The maximum Gasteiger partial charge on any atom is 0.269 e. The Morgan fingerprint density at radius 2 is 1.74 bits per heavy atom. The van der Waals surface area contributed by atoms with Crippen molar-refractivity contribution in [2.24, 2.45) is 0 Å². The molecule has 1 unspecified atom stereocenters. The largest absolute Gasteiger partial charge is 0.383 e. The molecule has 0 aliphatic heterocycles. The number of thiophene rings is 1. The highest BCUT2D eigenvalue weighted by Gasteiger charge is 2.21. The number of nitrogens with zero attached hydrogens (tertiary/aromatic N) is 1. The van der Waals surface area contributed by atoms with Crippen molar-refractivity contribution in [2.45, 2.75) is 6.10 Å². The third-order valence-corrected chi connectivity index (χ3v) is 5.09. The van der Waals surface area contributed by atoms with Crippen molar-refractivity contribution < 1.29 is 10.0 Å². The molecule has 1 aromatic heterocycles. The predicted molar refractivity (Wildman–Crippen MR) is 76.5 cm³/mol. The Morgan fingerprint density at radius 1 is 1.16 bits per heavy atom. The summed E-state index contributed by atoms with van der Waals surface area (Å²) in [5, 5.41) is 21.1. The molecule has 1 atom stereocenters. The lowest BCUT2D eigenvalue weighted by Crippen LogP contribution is -1.98. The van der Waals surface area contributed by atoms with Gasteiger partial charge in [-0.1, -0.05) is 34.8 Å². The van der Waals surface area contributed by atoms with Crippen molar-refractivity contribution in [3.8, 4) is 0 Å². The molecule has 8 heteroatoms. The van der Waals surface area contributed by atoms with Gasteiger partial charge in [-0.2, -0.15) is 0 Å². The molecular formula is C11H6Cl3NO3S. The summed E-state index contributed by atoms with van der Waals surface area (Å²) >= 11 is 18.7. The number of halogens is 3. The SMILES string of the molecule is O=[N+]([O-])c1ccc(C(O)c2sc(Cl)c(Cl)c2Cl)cc1. The van der Waals surface area contributed by atoms with Gasteiger partial charge >= 0.3 is 0 Å². The van der Waals surface area contributed by atoms with Crippen LogP contribution in [0.15, 0.2) is 24.3 Å². The van der Waals surface area contributed by atoms with Gasteiger partial charge in [-0.25, -0.2) is 0 Å². The maximum atomic E-state index is 10.5. The zero-order chi connectivity index (χ0) is 14.2. The second-order valence-corrected chi connectivity index (χ2v) is 6.03. The summed E-state index contributed by atoms with van der Waals surface area (Å²) in [5.74, 6) is 0. The highest BCUT2D eigenvalue weighted by Crippen LogP contribution is 2.44. The summed E-state index contributed by atoms with van der Waals surface area (Å²) in [6, 6.07) is 5.54. The van der Waals surface area contributed by atoms with Gasteiger partial charge in [0.25, 0.3) is 5.69 Å². The number of rotatable bonds is 3. The van der Waals surface area contributed by atoms with Gasteiger partial charge in [0.2, 0.25) is 0 Å². The van der Waals surface area contributed by atoms with Gasteiger partial charge in [0, 0.05) is 12.1 Å².